The van der Waals surface area contributed by atoms with E-state index in [2.05, 4.69) is 4.99 Å². The first-order valence-electron chi connectivity index (χ1n) is 4.44. The highest BCUT2D eigenvalue weighted by molar-refractivity contribution is 7.99. The number of hydrogen-bond donors (Lipinski definition) is 4. The first-order valence-corrected chi connectivity index (χ1v) is 5.59. The molecule has 0 heterocycles. The molecule has 6 nitrogen and oxygen atoms in total. The van der Waals surface area contributed by atoms with E-state index < -0.39 is 12.0 Å². The molecule has 0 radical (unpaired) electrons. The van der Waals surface area contributed by atoms with Crippen LogP contribution in [0.1, 0.15) is 6.92 Å². The van der Waals surface area contributed by atoms with E-state index in [0.717, 1.165) is 0 Å². The lowest BCUT2D eigenvalue weighted by molar-refractivity contribution is -0.137. The quantitative estimate of drug-likeness (QED) is 0.327. The van der Waals surface area contributed by atoms with Crippen molar-refractivity contribution in [2.75, 3.05) is 18.1 Å². The van der Waals surface area contributed by atoms with Gasteiger partial charge in [0.25, 0.3) is 0 Å². The molecule has 0 aliphatic carbocycles. The molecule has 0 aromatic carbocycles. The highest BCUT2D eigenvalue weighted by atomic mass is 32.2. The van der Waals surface area contributed by atoms with Crippen molar-refractivity contribution in [3.8, 4) is 0 Å². The third-order valence-electron chi connectivity index (χ3n) is 1.52. The van der Waals surface area contributed by atoms with Gasteiger partial charge >= 0.3 is 5.97 Å². The smallest absolute Gasteiger partial charge is 0.321 e. The molecular weight excluding hydrogens is 218 g/mol. The van der Waals surface area contributed by atoms with Crippen molar-refractivity contribution in [1.82, 2.24) is 0 Å². The molecule has 15 heavy (non-hydrogen) atoms. The molecule has 7 heteroatoms. The number of aliphatic imine (C=N–C) groups is 1. The summed E-state index contributed by atoms with van der Waals surface area (Å²) in [5.41, 5.74) is 10.7. The Kier molecular flexibility index (Phi) is 7.10. The number of hydrogen-bond acceptors (Lipinski definition) is 5. The standard InChI is InChI=1S/C8H17N3O3S/c1-5(9)11-6(2-12)3-15-4-7(10)8(13)14/h6-7,12H,2-4,10H2,1H3,(H2,9,11)(H,13,14)/t6-,7+/m1/s1. The van der Waals surface area contributed by atoms with Gasteiger partial charge in [-0.25, -0.2) is 0 Å². The second kappa shape index (κ2) is 7.49. The second-order valence-corrected chi connectivity index (χ2v) is 4.16. The number of thioether (sulfide) groups is 1. The summed E-state index contributed by atoms with van der Waals surface area (Å²) in [5, 5.41) is 17.4. The molecular formula is C8H17N3O3S. The third-order valence-corrected chi connectivity index (χ3v) is 2.74. The molecule has 2 atom stereocenters. The van der Waals surface area contributed by atoms with Crippen molar-refractivity contribution in [2.24, 2.45) is 16.5 Å². The molecule has 0 aromatic rings. The van der Waals surface area contributed by atoms with Gasteiger partial charge in [0.15, 0.2) is 0 Å². The Morgan fingerprint density at radius 3 is 2.53 bits per heavy atom. The van der Waals surface area contributed by atoms with Gasteiger partial charge in [-0.3, -0.25) is 9.79 Å². The van der Waals surface area contributed by atoms with Gasteiger partial charge in [-0.15, -0.1) is 0 Å². The molecule has 88 valence electrons. The maximum Gasteiger partial charge on any atom is 0.321 e. The van der Waals surface area contributed by atoms with E-state index in [9.17, 15) is 4.79 Å². The maximum atomic E-state index is 10.4. The minimum atomic E-state index is -1.03. The van der Waals surface area contributed by atoms with E-state index in [0.29, 0.717) is 17.3 Å². The average Bonchev–Trinajstić information content (AvgIpc) is 2.15. The van der Waals surface area contributed by atoms with Crippen molar-refractivity contribution in [2.45, 2.75) is 19.0 Å². The van der Waals surface area contributed by atoms with Gasteiger partial charge in [0.1, 0.15) is 6.04 Å². The minimum Gasteiger partial charge on any atom is -0.480 e. The van der Waals surface area contributed by atoms with E-state index >= 15 is 0 Å². The van der Waals surface area contributed by atoms with Gasteiger partial charge in [-0.05, 0) is 6.92 Å². The molecule has 0 aliphatic heterocycles. The molecule has 0 bridgehead atoms. The van der Waals surface area contributed by atoms with Crippen LogP contribution in [0.15, 0.2) is 4.99 Å². The van der Waals surface area contributed by atoms with Gasteiger partial charge in [0.2, 0.25) is 0 Å². The van der Waals surface area contributed by atoms with Crippen LogP contribution in [0.2, 0.25) is 0 Å². The Hall–Kier alpha value is -0.790. The van der Waals surface area contributed by atoms with Crippen LogP contribution in [-0.2, 0) is 4.79 Å². The van der Waals surface area contributed by atoms with Gasteiger partial charge in [0, 0.05) is 11.5 Å². The van der Waals surface area contributed by atoms with Crippen LogP contribution in [0.5, 0.6) is 0 Å². The van der Waals surface area contributed by atoms with E-state index in [4.69, 9.17) is 21.7 Å². The minimum absolute atomic E-state index is 0.107. The van der Waals surface area contributed by atoms with Crippen LogP contribution in [0.3, 0.4) is 0 Å². The summed E-state index contributed by atoms with van der Waals surface area (Å²) in [4.78, 5) is 14.4. The summed E-state index contributed by atoms with van der Waals surface area (Å²) in [6, 6.07) is -1.17. The van der Waals surface area contributed by atoms with Crippen LogP contribution in [0, 0.1) is 0 Å². The molecule has 0 aromatic heterocycles. The van der Waals surface area contributed by atoms with Gasteiger partial charge < -0.3 is 21.7 Å². The number of nitrogens with zero attached hydrogens (tertiary/aromatic N) is 1. The number of aliphatic hydroxyl groups is 1. The molecule has 6 N–H and O–H groups in total. The fourth-order valence-electron chi connectivity index (χ4n) is 0.821. The van der Waals surface area contributed by atoms with E-state index in [1.165, 1.54) is 11.8 Å². The van der Waals surface area contributed by atoms with E-state index in [1.54, 1.807) is 6.92 Å². The zero-order chi connectivity index (χ0) is 11.8. The molecule has 0 fully saturated rings. The summed E-state index contributed by atoms with van der Waals surface area (Å²) in [7, 11) is 0. The summed E-state index contributed by atoms with van der Waals surface area (Å²) >= 11 is 1.34. The maximum absolute atomic E-state index is 10.4. The number of amidine groups is 1. The first-order chi connectivity index (χ1) is 6.97. The lowest BCUT2D eigenvalue weighted by Crippen LogP contribution is -2.33. The van der Waals surface area contributed by atoms with Crippen molar-refractivity contribution in [3.05, 3.63) is 0 Å². The zero-order valence-corrected chi connectivity index (χ0v) is 9.41. The number of carboxylic acids is 1. The first kappa shape index (κ1) is 14.2. The normalized spacial score (nSPS) is 16.1. The van der Waals surface area contributed by atoms with E-state index in [1.807, 2.05) is 0 Å². The summed E-state index contributed by atoms with van der Waals surface area (Å²) in [5.74, 6) is 0.176. The fraction of sp³-hybridized carbons (Fsp3) is 0.750. The van der Waals surface area contributed by atoms with Gasteiger partial charge in [-0.1, -0.05) is 0 Å². The molecule has 0 unspecified atom stereocenters. The Balaban J connectivity index is 3.82. The largest absolute Gasteiger partial charge is 0.480 e. The van der Waals surface area contributed by atoms with Crippen molar-refractivity contribution in [3.63, 3.8) is 0 Å². The van der Waals surface area contributed by atoms with Gasteiger partial charge in [-0.2, -0.15) is 11.8 Å². The van der Waals surface area contributed by atoms with Gasteiger partial charge in [0.05, 0.1) is 18.5 Å². The van der Waals surface area contributed by atoms with Crippen molar-refractivity contribution >= 4 is 23.6 Å². The Morgan fingerprint density at radius 2 is 2.13 bits per heavy atom. The SMILES string of the molecule is CC(N)=N[C@H](CO)CSC[C@H](N)C(=O)O. The number of carbonyl (C=O) groups is 1. The van der Waals surface area contributed by atoms with Crippen LogP contribution in [-0.4, -0.2) is 52.2 Å². The molecule has 0 aliphatic rings. The van der Waals surface area contributed by atoms with Crippen LogP contribution >= 0.6 is 11.8 Å². The summed E-state index contributed by atoms with van der Waals surface area (Å²) in [6.45, 7) is 1.53. The van der Waals surface area contributed by atoms with E-state index in [-0.39, 0.29) is 12.6 Å². The lowest BCUT2D eigenvalue weighted by atomic mass is 10.4. The van der Waals surface area contributed by atoms with Crippen molar-refractivity contribution in [1.29, 1.82) is 0 Å². The molecule has 0 saturated carbocycles. The topological polar surface area (TPSA) is 122 Å². The number of aliphatic hydroxyl groups excluding tert-OH is 1. The predicted octanol–water partition coefficient (Wildman–Crippen LogP) is -1.13. The zero-order valence-electron chi connectivity index (χ0n) is 8.59. The molecule has 0 saturated heterocycles. The second-order valence-electron chi connectivity index (χ2n) is 3.09. The number of rotatable bonds is 7. The Bertz CT molecular complexity index is 231. The Labute approximate surface area is 92.7 Å². The van der Waals surface area contributed by atoms with Crippen LogP contribution in [0.25, 0.3) is 0 Å². The highest BCUT2D eigenvalue weighted by Gasteiger charge is 2.12. The van der Waals surface area contributed by atoms with Crippen molar-refractivity contribution < 1.29 is 15.0 Å². The predicted molar refractivity (Wildman–Crippen MR) is 61.1 cm³/mol. The monoisotopic (exact) mass is 235 g/mol. The average molecular weight is 235 g/mol. The number of aliphatic carboxylic acids is 1. The number of carboxylic acid groups (broad SMARTS) is 1. The fourth-order valence-corrected chi connectivity index (χ4v) is 1.81. The molecule has 0 rings (SSSR count). The third kappa shape index (κ3) is 7.18. The molecule has 0 spiro atoms. The Morgan fingerprint density at radius 1 is 1.53 bits per heavy atom. The number of nitrogens with two attached hydrogens (primary N) is 2. The highest BCUT2D eigenvalue weighted by Crippen LogP contribution is 2.07. The molecule has 0 amide bonds. The lowest BCUT2D eigenvalue weighted by Gasteiger charge is -2.10. The summed E-state index contributed by atoms with van der Waals surface area (Å²) in [6.07, 6.45) is 0. The van der Waals surface area contributed by atoms with Crippen LogP contribution < -0.4 is 11.5 Å². The van der Waals surface area contributed by atoms with Crippen LogP contribution in [0.4, 0.5) is 0 Å². The summed E-state index contributed by atoms with van der Waals surface area (Å²) < 4.78 is 0.